The van der Waals surface area contributed by atoms with Crippen molar-refractivity contribution in [3.05, 3.63) is 93.7 Å². The molecule has 0 spiro atoms. The van der Waals surface area contributed by atoms with Gasteiger partial charge in [-0.25, -0.2) is 4.98 Å². The zero-order valence-corrected chi connectivity index (χ0v) is 21.1. The Morgan fingerprint density at radius 1 is 1.06 bits per heavy atom. The number of para-hydroxylation sites is 2. The van der Waals surface area contributed by atoms with Crippen LogP contribution in [0.1, 0.15) is 24.2 Å². The quantitative estimate of drug-likeness (QED) is 0.330. The fourth-order valence-corrected chi connectivity index (χ4v) is 5.00. The topological polar surface area (TPSA) is 50.2 Å². The highest BCUT2D eigenvalue weighted by Gasteiger charge is 2.27. The summed E-state index contributed by atoms with van der Waals surface area (Å²) in [6.45, 7) is 2.91. The van der Waals surface area contributed by atoms with Crippen LogP contribution in [-0.4, -0.2) is 33.4 Å². The van der Waals surface area contributed by atoms with Crippen molar-refractivity contribution in [1.29, 1.82) is 0 Å². The van der Waals surface area contributed by atoms with E-state index in [9.17, 15) is 4.79 Å². The monoisotopic (exact) mass is 536 g/mol. The molecule has 1 aliphatic heterocycles. The van der Waals surface area contributed by atoms with E-state index in [1.807, 2.05) is 36.4 Å². The maximum Gasteiger partial charge on any atom is 0.224 e. The minimum Gasteiger partial charge on any atom is -0.352 e. The summed E-state index contributed by atoms with van der Waals surface area (Å²) in [6.07, 6.45) is 1.91. The number of hydrogen-bond donors (Lipinski definition) is 1. The Hall–Kier alpha value is -2.67. The lowest BCUT2D eigenvalue weighted by atomic mass is 9.97. The molecule has 5 nitrogen and oxygen atoms in total. The van der Waals surface area contributed by atoms with Crippen LogP contribution in [0.25, 0.3) is 16.7 Å². The molecule has 5 rings (SSSR count). The fourth-order valence-electron chi connectivity index (χ4n) is 4.61. The summed E-state index contributed by atoms with van der Waals surface area (Å²) in [6, 6.07) is 24.1. The van der Waals surface area contributed by atoms with E-state index in [-0.39, 0.29) is 11.8 Å². The van der Waals surface area contributed by atoms with E-state index in [0.29, 0.717) is 18.1 Å². The molecule has 0 aliphatic carbocycles. The number of carbonyl (C=O) groups is 1. The van der Waals surface area contributed by atoms with Crippen LogP contribution in [0.3, 0.4) is 0 Å². The molecule has 7 heteroatoms. The van der Waals surface area contributed by atoms with Crippen LogP contribution < -0.4 is 5.32 Å². The average molecular weight is 538 g/mol. The number of hydrogen-bond acceptors (Lipinski definition) is 3. The van der Waals surface area contributed by atoms with Gasteiger partial charge in [0, 0.05) is 28.3 Å². The van der Waals surface area contributed by atoms with Crippen LogP contribution in [0.15, 0.2) is 77.3 Å². The number of likely N-dealkylation sites (tertiary alicyclic amines) is 1. The molecule has 0 radical (unpaired) electrons. The largest absolute Gasteiger partial charge is 0.352 e. The number of fused-ring (bicyclic) bond motifs is 1. The molecule has 1 N–H and O–H groups in total. The number of benzene rings is 3. The first kappa shape index (κ1) is 23.1. The highest BCUT2D eigenvalue weighted by Crippen LogP contribution is 2.26. The molecular formula is C27H26BrClN4O. The van der Waals surface area contributed by atoms with Crippen LogP contribution in [-0.2, 0) is 17.9 Å². The first-order chi connectivity index (χ1) is 16.6. The molecule has 1 amide bonds. The highest BCUT2D eigenvalue weighted by atomic mass is 79.9. The maximum atomic E-state index is 12.9. The Labute approximate surface area is 212 Å². The average Bonchev–Trinajstić information content (AvgIpc) is 3.22. The van der Waals surface area contributed by atoms with E-state index in [2.05, 4.69) is 67.1 Å². The second kappa shape index (κ2) is 10.3. The van der Waals surface area contributed by atoms with Gasteiger partial charge in [0.25, 0.3) is 0 Å². The van der Waals surface area contributed by atoms with E-state index in [1.54, 1.807) is 0 Å². The zero-order chi connectivity index (χ0) is 23.5. The Morgan fingerprint density at radius 2 is 1.82 bits per heavy atom. The van der Waals surface area contributed by atoms with E-state index in [1.165, 1.54) is 0 Å². The number of nitrogens with one attached hydrogen (secondary N) is 1. The van der Waals surface area contributed by atoms with E-state index in [0.717, 1.165) is 58.5 Å². The van der Waals surface area contributed by atoms with Gasteiger partial charge in [0.15, 0.2) is 0 Å². The highest BCUT2D eigenvalue weighted by molar-refractivity contribution is 9.10. The number of amides is 1. The smallest absolute Gasteiger partial charge is 0.224 e. The molecule has 0 saturated carbocycles. The van der Waals surface area contributed by atoms with E-state index < -0.39 is 0 Å². The normalized spacial score (nSPS) is 16.6. The standard InChI is InChI=1S/C27H26BrClN4O/c28-21-9-13-23(14-10-21)33-25-6-2-1-5-24(25)31-26(33)18-32-15-3-4-20(17-32)27(34)30-16-19-7-11-22(29)12-8-19/h1-2,5-14,20H,3-4,15-18H2,(H,30,34)/t20-/m0/s1. The van der Waals surface area contributed by atoms with Crippen molar-refractivity contribution in [2.45, 2.75) is 25.9 Å². The molecule has 1 atom stereocenters. The Kier molecular flexibility index (Phi) is 6.99. The molecule has 1 saturated heterocycles. The molecule has 2 heterocycles. The summed E-state index contributed by atoms with van der Waals surface area (Å²) in [4.78, 5) is 20.2. The third-order valence-corrected chi connectivity index (χ3v) is 7.12. The lowest BCUT2D eigenvalue weighted by Gasteiger charge is -2.31. The molecule has 3 aromatic carbocycles. The third kappa shape index (κ3) is 5.19. The van der Waals surface area contributed by atoms with Crippen molar-refractivity contribution in [2.24, 2.45) is 5.92 Å². The predicted molar refractivity (Wildman–Crippen MR) is 140 cm³/mol. The Morgan fingerprint density at radius 3 is 2.62 bits per heavy atom. The molecule has 4 aromatic rings. The van der Waals surface area contributed by atoms with Crippen molar-refractivity contribution in [2.75, 3.05) is 13.1 Å². The minimum absolute atomic E-state index is 0.0217. The van der Waals surface area contributed by atoms with Crippen molar-refractivity contribution >= 4 is 44.5 Å². The number of aromatic nitrogens is 2. The second-order valence-corrected chi connectivity index (χ2v) is 10.1. The number of halogens is 2. The number of rotatable bonds is 6. The third-order valence-electron chi connectivity index (χ3n) is 6.34. The molecular weight excluding hydrogens is 512 g/mol. The molecule has 0 bridgehead atoms. The molecule has 1 fully saturated rings. The van der Waals surface area contributed by atoms with Gasteiger partial charge in [-0.05, 0) is 73.5 Å². The summed E-state index contributed by atoms with van der Waals surface area (Å²) in [5.74, 6) is 1.08. The molecule has 1 aliphatic rings. The number of imidazole rings is 1. The predicted octanol–water partition coefficient (Wildman–Crippen LogP) is 5.97. The van der Waals surface area contributed by atoms with Gasteiger partial charge in [-0.2, -0.15) is 0 Å². The summed E-state index contributed by atoms with van der Waals surface area (Å²) >= 11 is 9.49. The Bertz CT molecular complexity index is 1290. The maximum absolute atomic E-state index is 12.9. The number of carbonyl (C=O) groups excluding carboxylic acids is 1. The van der Waals surface area contributed by atoms with E-state index in [4.69, 9.17) is 16.6 Å². The van der Waals surface area contributed by atoms with Crippen LogP contribution in [0.5, 0.6) is 0 Å². The van der Waals surface area contributed by atoms with Crippen LogP contribution in [0, 0.1) is 5.92 Å². The molecule has 1 aromatic heterocycles. The van der Waals surface area contributed by atoms with E-state index >= 15 is 0 Å². The summed E-state index contributed by atoms with van der Waals surface area (Å²) in [7, 11) is 0. The van der Waals surface area contributed by atoms with Crippen LogP contribution >= 0.6 is 27.5 Å². The van der Waals surface area contributed by atoms with Crippen molar-refractivity contribution in [1.82, 2.24) is 19.8 Å². The van der Waals surface area contributed by atoms with Crippen LogP contribution in [0.2, 0.25) is 5.02 Å². The lowest BCUT2D eigenvalue weighted by Crippen LogP contribution is -2.42. The van der Waals surface area contributed by atoms with Gasteiger partial charge in [-0.15, -0.1) is 0 Å². The fraction of sp³-hybridized carbons (Fsp3) is 0.259. The van der Waals surface area contributed by atoms with Gasteiger partial charge < -0.3 is 5.32 Å². The molecule has 0 unspecified atom stereocenters. The van der Waals surface area contributed by atoms with Gasteiger partial charge in [-0.3, -0.25) is 14.3 Å². The van der Waals surface area contributed by atoms with Crippen molar-refractivity contribution in [3.63, 3.8) is 0 Å². The summed E-state index contributed by atoms with van der Waals surface area (Å²) in [5, 5.41) is 3.80. The first-order valence-corrected chi connectivity index (χ1v) is 12.7. The minimum atomic E-state index is -0.0217. The second-order valence-electron chi connectivity index (χ2n) is 8.75. The first-order valence-electron chi connectivity index (χ1n) is 11.5. The van der Waals surface area contributed by atoms with Gasteiger partial charge in [-0.1, -0.05) is 51.8 Å². The van der Waals surface area contributed by atoms with Crippen LogP contribution in [0.4, 0.5) is 0 Å². The van der Waals surface area contributed by atoms with Crippen molar-refractivity contribution in [3.8, 4) is 5.69 Å². The number of piperidine rings is 1. The summed E-state index contributed by atoms with van der Waals surface area (Å²) in [5.41, 5.74) is 4.21. The Balaban J connectivity index is 1.31. The molecule has 174 valence electrons. The van der Waals surface area contributed by atoms with Crippen molar-refractivity contribution < 1.29 is 4.79 Å². The van der Waals surface area contributed by atoms with Gasteiger partial charge in [0.05, 0.1) is 23.5 Å². The van der Waals surface area contributed by atoms with Gasteiger partial charge in [0.1, 0.15) is 5.82 Å². The van der Waals surface area contributed by atoms with Gasteiger partial charge >= 0.3 is 0 Å². The SMILES string of the molecule is O=C(NCc1ccc(Cl)cc1)[C@H]1CCCN(Cc2nc3ccccc3n2-c2ccc(Br)cc2)C1. The lowest BCUT2D eigenvalue weighted by molar-refractivity contribution is -0.127. The summed E-state index contributed by atoms with van der Waals surface area (Å²) < 4.78 is 3.28. The number of nitrogens with zero attached hydrogens (tertiary/aromatic N) is 3. The zero-order valence-electron chi connectivity index (χ0n) is 18.8. The van der Waals surface area contributed by atoms with Gasteiger partial charge in [0.2, 0.25) is 5.91 Å². The molecule has 34 heavy (non-hydrogen) atoms.